The van der Waals surface area contributed by atoms with E-state index in [-0.39, 0.29) is 5.56 Å². The number of carboxylic acid groups (broad SMARTS) is 1. The van der Waals surface area contributed by atoms with Gasteiger partial charge in [0.05, 0.1) is 5.56 Å². The molecule has 3 heterocycles. The van der Waals surface area contributed by atoms with Crippen molar-refractivity contribution in [3.63, 3.8) is 0 Å². The Hall–Kier alpha value is -0.530. The van der Waals surface area contributed by atoms with Crippen molar-refractivity contribution in [1.82, 2.24) is 0 Å². The molecule has 1 N–H and O–H groups in total. The van der Waals surface area contributed by atoms with Crippen molar-refractivity contribution in [2.24, 2.45) is 5.92 Å². The molecule has 140 valence electrons. The molecule has 0 radical (unpaired) electrons. The monoisotopic (exact) mass is 574 g/mol. The molecule has 3 fully saturated rings. The van der Waals surface area contributed by atoms with Crippen LogP contribution in [-0.2, 0) is 28.6 Å². The number of carboxylic acids is 1. The van der Waals surface area contributed by atoms with Crippen LogP contribution in [0, 0.1) is 5.92 Å². The van der Waals surface area contributed by atoms with E-state index < -0.39 is 57.6 Å². The standard InChI is InChI=1S/C14H9Br3O8S/c15-3-1-4(7(17)5(16)2-3)14(20)24-9-8-6(13(18)19)12-11(23-8)10(9)25-26(12,21)22/h1-2,6,8-12H,(H,18,19). The molecule has 0 spiro atoms. The van der Waals surface area contributed by atoms with Gasteiger partial charge in [-0.15, -0.1) is 0 Å². The highest BCUT2D eigenvalue weighted by molar-refractivity contribution is 9.13. The molecule has 3 aliphatic rings. The number of benzene rings is 1. The van der Waals surface area contributed by atoms with Crippen LogP contribution in [0.3, 0.4) is 0 Å². The summed E-state index contributed by atoms with van der Waals surface area (Å²) in [6.45, 7) is 0. The second kappa shape index (κ2) is 6.24. The first-order valence-corrected chi connectivity index (χ1v) is 11.1. The van der Waals surface area contributed by atoms with Crippen molar-refractivity contribution >= 4 is 69.8 Å². The number of hydrogen-bond acceptors (Lipinski definition) is 7. The Morgan fingerprint density at radius 2 is 1.81 bits per heavy atom. The first-order valence-electron chi connectivity index (χ1n) is 7.27. The lowest BCUT2D eigenvalue weighted by Gasteiger charge is -2.26. The van der Waals surface area contributed by atoms with Crippen LogP contribution in [-0.4, -0.2) is 55.1 Å². The summed E-state index contributed by atoms with van der Waals surface area (Å²) in [6, 6.07) is 3.24. The minimum Gasteiger partial charge on any atom is -0.481 e. The molecule has 8 nitrogen and oxygen atoms in total. The van der Waals surface area contributed by atoms with Crippen LogP contribution in [0.25, 0.3) is 0 Å². The average Bonchev–Trinajstić information content (AvgIpc) is 3.13. The van der Waals surface area contributed by atoms with Crippen molar-refractivity contribution in [3.8, 4) is 0 Å². The molecule has 3 saturated heterocycles. The summed E-state index contributed by atoms with van der Waals surface area (Å²) in [4.78, 5) is 24.2. The zero-order valence-electron chi connectivity index (χ0n) is 12.5. The van der Waals surface area contributed by atoms with Crippen molar-refractivity contribution in [1.29, 1.82) is 0 Å². The SMILES string of the molecule is O=C(OC1C2OS(=O)(=O)C3C2OC1C3C(=O)O)c1cc(Br)cc(Br)c1Br. The van der Waals surface area contributed by atoms with Gasteiger partial charge in [0.1, 0.15) is 29.5 Å². The first kappa shape index (κ1) is 18.8. The molecular weight excluding hydrogens is 568 g/mol. The van der Waals surface area contributed by atoms with Gasteiger partial charge in [-0.05, 0) is 44.0 Å². The van der Waals surface area contributed by atoms with Gasteiger partial charge >= 0.3 is 11.9 Å². The molecule has 3 aliphatic heterocycles. The summed E-state index contributed by atoms with van der Waals surface area (Å²) < 4.78 is 41.8. The summed E-state index contributed by atoms with van der Waals surface area (Å²) in [5.41, 5.74) is 0.179. The highest BCUT2D eigenvalue weighted by Crippen LogP contribution is 2.51. The Balaban J connectivity index is 1.66. The van der Waals surface area contributed by atoms with Crippen LogP contribution in [0.2, 0.25) is 0 Å². The number of halogens is 3. The van der Waals surface area contributed by atoms with Crippen LogP contribution in [0.1, 0.15) is 10.4 Å². The predicted molar refractivity (Wildman–Crippen MR) is 96.1 cm³/mol. The summed E-state index contributed by atoms with van der Waals surface area (Å²) in [6.07, 6.45) is -4.21. The number of esters is 1. The minimum atomic E-state index is -4.10. The summed E-state index contributed by atoms with van der Waals surface area (Å²) in [5.74, 6) is -3.43. The smallest absolute Gasteiger partial charge is 0.339 e. The van der Waals surface area contributed by atoms with E-state index in [1.807, 2.05) is 0 Å². The molecule has 12 heteroatoms. The molecular formula is C14H9Br3O8S. The van der Waals surface area contributed by atoms with E-state index in [1.165, 1.54) is 6.07 Å². The lowest BCUT2D eigenvalue weighted by Crippen LogP contribution is -2.49. The van der Waals surface area contributed by atoms with Gasteiger partial charge < -0.3 is 14.6 Å². The zero-order chi connectivity index (χ0) is 19.0. The van der Waals surface area contributed by atoms with Gasteiger partial charge in [-0.2, -0.15) is 8.42 Å². The van der Waals surface area contributed by atoms with Crippen molar-refractivity contribution in [2.45, 2.75) is 29.7 Å². The van der Waals surface area contributed by atoms with Gasteiger partial charge in [0.15, 0.2) is 6.10 Å². The van der Waals surface area contributed by atoms with Crippen LogP contribution in [0.5, 0.6) is 0 Å². The fourth-order valence-electron chi connectivity index (χ4n) is 3.63. The molecule has 0 aliphatic carbocycles. The average molecular weight is 577 g/mol. The highest BCUT2D eigenvalue weighted by atomic mass is 79.9. The van der Waals surface area contributed by atoms with Gasteiger partial charge in [0, 0.05) is 13.4 Å². The van der Waals surface area contributed by atoms with Crippen molar-refractivity contribution in [3.05, 3.63) is 31.1 Å². The Bertz CT molecular complexity index is 932. The second-order valence-electron chi connectivity index (χ2n) is 6.07. The third-order valence-electron chi connectivity index (χ3n) is 4.64. The molecule has 6 unspecified atom stereocenters. The maximum Gasteiger partial charge on any atom is 0.339 e. The van der Waals surface area contributed by atoms with E-state index in [0.29, 0.717) is 13.4 Å². The van der Waals surface area contributed by atoms with Crippen LogP contribution in [0.4, 0.5) is 0 Å². The van der Waals surface area contributed by atoms with Gasteiger partial charge in [0.2, 0.25) is 0 Å². The van der Waals surface area contributed by atoms with Gasteiger partial charge in [-0.25, -0.2) is 4.79 Å². The first-order chi connectivity index (χ1) is 12.1. The number of aliphatic carboxylic acids is 1. The third kappa shape index (κ3) is 2.68. The summed E-state index contributed by atoms with van der Waals surface area (Å²) >= 11 is 9.84. The van der Waals surface area contributed by atoms with E-state index in [1.54, 1.807) is 6.07 Å². The van der Waals surface area contributed by atoms with Crippen LogP contribution < -0.4 is 0 Å². The molecule has 0 saturated carbocycles. The molecule has 1 aromatic rings. The molecule has 0 aromatic heterocycles. The Morgan fingerprint density at radius 3 is 2.46 bits per heavy atom. The molecule has 6 atom stereocenters. The lowest BCUT2D eigenvalue weighted by atomic mass is 9.85. The topological polar surface area (TPSA) is 116 Å². The van der Waals surface area contributed by atoms with Crippen LogP contribution >= 0.6 is 47.8 Å². The Labute approximate surface area is 172 Å². The Kier molecular flexibility index (Phi) is 4.52. The minimum absolute atomic E-state index is 0.179. The number of rotatable bonds is 3. The Morgan fingerprint density at radius 1 is 1.12 bits per heavy atom. The number of carbonyl (C=O) groups excluding carboxylic acids is 1. The van der Waals surface area contributed by atoms with E-state index >= 15 is 0 Å². The lowest BCUT2D eigenvalue weighted by molar-refractivity contribution is -0.145. The molecule has 1 aromatic carbocycles. The zero-order valence-corrected chi connectivity index (χ0v) is 18.0. The molecule has 26 heavy (non-hydrogen) atoms. The summed E-state index contributed by atoms with van der Waals surface area (Å²) in [7, 11) is -4.10. The maximum absolute atomic E-state index is 12.6. The molecule has 4 rings (SSSR count). The van der Waals surface area contributed by atoms with E-state index in [0.717, 1.165) is 0 Å². The van der Waals surface area contributed by atoms with E-state index in [2.05, 4.69) is 47.8 Å². The summed E-state index contributed by atoms with van der Waals surface area (Å²) in [5, 5.41) is 8.13. The predicted octanol–water partition coefficient (Wildman–Crippen LogP) is 2.08. The molecule has 0 amide bonds. The number of hydrogen-bond donors (Lipinski definition) is 1. The normalized spacial score (nSPS) is 36.3. The van der Waals surface area contributed by atoms with Gasteiger partial charge in [-0.3, -0.25) is 8.98 Å². The molecule has 2 bridgehead atoms. The number of fused-ring (bicyclic) bond motifs is 1. The highest BCUT2D eigenvalue weighted by Gasteiger charge is 2.73. The fraction of sp³-hybridized carbons (Fsp3) is 0.429. The van der Waals surface area contributed by atoms with Crippen LogP contribution in [0.15, 0.2) is 25.6 Å². The quantitative estimate of drug-likeness (QED) is 0.330. The van der Waals surface area contributed by atoms with E-state index in [4.69, 9.17) is 13.7 Å². The van der Waals surface area contributed by atoms with Gasteiger partial charge in [-0.1, -0.05) is 15.9 Å². The van der Waals surface area contributed by atoms with Crippen molar-refractivity contribution < 1.29 is 36.8 Å². The largest absolute Gasteiger partial charge is 0.481 e. The van der Waals surface area contributed by atoms with Crippen molar-refractivity contribution in [2.75, 3.05) is 0 Å². The fourth-order valence-corrected chi connectivity index (χ4v) is 7.09. The number of carbonyl (C=O) groups is 2. The number of ether oxygens (including phenoxy) is 2. The third-order valence-corrected chi connectivity index (χ3v) is 8.83. The maximum atomic E-state index is 12.6. The van der Waals surface area contributed by atoms with E-state index in [9.17, 15) is 23.1 Å². The van der Waals surface area contributed by atoms with Gasteiger partial charge in [0.25, 0.3) is 10.1 Å². The second-order valence-corrected chi connectivity index (χ2v) is 10.4.